The number of hydrogen-bond acceptors (Lipinski definition) is 5. The van der Waals surface area contributed by atoms with E-state index < -0.39 is 51.2 Å². The molecule has 2 aromatic rings. The highest BCUT2D eigenvalue weighted by molar-refractivity contribution is 7.89. The number of amides is 1. The van der Waals surface area contributed by atoms with E-state index in [2.05, 4.69) is 0 Å². The van der Waals surface area contributed by atoms with Gasteiger partial charge in [-0.1, -0.05) is 11.6 Å². The topological polar surface area (TPSA) is 98.2 Å². The zero-order valence-corrected chi connectivity index (χ0v) is 22.3. The predicted octanol–water partition coefficient (Wildman–Crippen LogP) is 4.03. The van der Waals surface area contributed by atoms with Crippen molar-refractivity contribution >= 4 is 27.5 Å². The van der Waals surface area contributed by atoms with Crippen LogP contribution in [0.15, 0.2) is 47.4 Å². The molecule has 38 heavy (non-hydrogen) atoms. The highest BCUT2D eigenvalue weighted by atomic mass is 35.5. The van der Waals surface area contributed by atoms with Gasteiger partial charge in [-0.05, 0) is 86.9 Å². The van der Waals surface area contributed by atoms with Crippen molar-refractivity contribution < 1.29 is 32.2 Å². The number of rotatable bonds is 7. The zero-order valence-electron chi connectivity index (χ0n) is 20.8. The Morgan fingerprint density at radius 2 is 1.71 bits per heavy atom. The van der Waals surface area contributed by atoms with Crippen molar-refractivity contribution in [3.8, 4) is 0 Å². The maximum atomic E-state index is 14.3. The van der Waals surface area contributed by atoms with Gasteiger partial charge in [0.05, 0.1) is 23.6 Å². The number of aliphatic hydroxyl groups is 2. The third-order valence-corrected chi connectivity index (χ3v) is 10.6. The van der Waals surface area contributed by atoms with E-state index in [4.69, 9.17) is 11.6 Å². The first kappa shape index (κ1) is 27.5. The van der Waals surface area contributed by atoms with Crippen LogP contribution in [0, 0.1) is 17.0 Å². The van der Waals surface area contributed by atoms with Gasteiger partial charge < -0.3 is 15.1 Å². The lowest BCUT2D eigenvalue weighted by Crippen LogP contribution is -2.56. The first-order chi connectivity index (χ1) is 18.1. The van der Waals surface area contributed by atoms with Gasteiger partial charge in [0, 0.05) is 29.1 Å². The number of hydrogen-bond donors (Lipinski definition) is 2. The smallest absolute Gasteiger partial charge is 0.252 e. The molecule has 1 aliphatic carbocycles. The highest BCUT2D eigenvalue weighted by Gasteiger charge is 2.62. The predicted molar refractivity (Wildman–Crippen MR) is 137 cm³/mol. The summed E-state index contributed by atoms with van der Waals surface area (Å²) in [5.41, 5.74) is -0.856. The minimum atomic E-state index is -4.23. The fraction of sp³-hybridized carbons (Fsp3) is 0.519. The van der Waals surface area contributed by atoms with Gasteiger partial charge in [-0.15, -0.1) is 0 Å². The van der Waals surface area contributed by atoms with Crippen molar-refractivity contribution in [3.05, 3.63) is 64.7 Å². The van der Waals surface area contributed by atoms with E-state index in [0.29, 0.717) is 56.5 Å². The van der Waals surface area contributed by atoms with Crippen LogP contribution in [-0.2, 0) is 14.8 Å². The quantitative estimate of drug-likeness (QED) is 0.526. The molecular formula is C27H31ClF2N2O5S. The Kier molecular flexibility index (Phi) is 7.56. The van der Waals surface area contributed by atoms with Crippen LogP contribution in [0.5, 0.6) is 0 Å². The molecule has 2 heterocycles. The van der Waals surface area contributed by atoms with E-state index in [1.807, 2.05) is 0 Å². The summed E-state index contributed by atoms with van der Waals surface area (Å²) >= 11 is 6.00. The second-order valence-corrected chi connectivity index (χ2v) is 12.9. The van der Waals surface area contributed by atoms with Crippen LogP contribution in [0.3, 0.4) is 0 Å². The summed E-state index contributed by atoms with van der Waals surface area (Å²) in [6, 6.07) is 6.63. The van der Waals surface area contributed by atoms with Crippen LogP contribution in [0.2, 0.25) is 5.02 Å². The first-order valence-corrected chi connectivity index (χ1v) is 14.7. The molecule has 2 aliphatic heterocycles. The third kappa shape index (κ3) is 4.86. The molecule has 1 amide bonds. The average Bonchev–Trinajstić information content (AvgIpc) is 3.56. The van der Waals surface area contributed by atoms with Gasteiger partial charge in [-0.2, -0.15) is 4.31 Å². The summed E-state index contributed by atoms with van der Waals surface area (Å²) < 4.78 is 58.1. The fourth-order valence-electron chi connectivity index (χ4n) is 6.31. The van der Waals surface area contributed by atoms with Crippen molar-refractivity contribution in [2.75, 3.05) is 13.2 Å². The molecular weight excluding hydrogens is 538 g/mol. The first-order valence-electron chi connectivity index (χ1n) is 12.9. The molecule has 3 fully saturated rings. The van der Waals surface area contributed by atoms with Crippen LogP contribution in [-0.4, -0.2) is 65.1 Å². The maximum Gasteiger partial charge on any atom is 0.252 e. The molecule has 0 radical (unpaired) electrons. The number of likely N-dealkylation sites (tertiary alicyclic amines) is 1. The molecule has 5 rings (SSSR count). The molecule has 3 aliphatic rings. The molecule has 4 atom stereocenters. The monoisotopic (exact) mass is 568 g/mol. The van der Waals surface area contributed by atoms with Crippen LogP contribution < -0.4 is 0 Å². The summed E-state index contributed by atoms with van der Waals surface area (Å²) in [7, 11) is -4.23. The molecule has 1 unspecified atom stereocenters. The zero-order chi connectivity index (χ0) is 27.2. The van der Waals surface area contributed by atoms with Crippen LogP contribution in [0.25, 0.3) is 0 Å². The maximum absolute atomic E-state index is 14.3. The van der Waals surface area contributed by atoms with Crippen molar-refractivity contribution in [1.82, 2.24) is 9.21 Å². The number of sulfonamides is 1. The minimum absolute atomic E-state index is 0.0350. The molecule has 7 nitrogen and oxygen atoms in total. The highest BCUT2D eigenvalue weighted by Crippen LogP contribution is 2.59. The fourth-order valence-corrected chi connectivity index (χ4v) is 8.38. The van der Waals surface area contributed by atoms with Crippen molar-refractivity contribution in [3.63, 3.8) is 0 Å². The Balaban J connectivity index is 1.57. The molecule has 2 saturated heterocycles. The van der Waals surface area contributed by atoms with Gasteiger partial charge >= 0.3 is 0 Å². The Bertz CT molecular complexity index is 1280. The molecule has 1 saturated carbocycles. The number of benzene rings is 2. The Hall–Kier alpha value is -2.11. The standard InChI is InChI=1S/C27H31ClF2N2O5S/c28-18-6-8-22(9-7-18)38(36,37)32-23(17-13-19(29)15-20(30)14-17)4-1-5-24(32)27(10-11-27)25(34)26(35)31-12-2-3-21(31)16-33/h6-9,13-15,21,23-25,33-34H,1-5,10-12,16H2/t21-,23-,24+,25?/m0/s1. The number of carbonyl (C=O) groups excluding carboxylic acids is 1. The summed E-state index contributed by atoms with van der Waals surface area (Å²) in [4.78, 5) is 14.9. The molecule has 0 aromatic heterocycles. The average molecular weight is 569 g/mol. The van der Waals surface area contributed by atoms with Crippen molar-refractivity contribution in [1.29, 1.82) is 0 Å². The molecule has 206 valence electrons. The van der Waals surface area contributed by atoms with E-state index in [-0.39, 0.29) is 23.1 Å². The van der Waals surface area contributed by atoms with Crippen molar-refractivity contribution in [2.24, 2.45) is 5.41 Å². The van der Waals surface area contributed by atoms with Gasteiger partial charge in [0.15, 0.2) is 0 Å². The lowest BCUT2D eigenvalue weighted by atomic mass is 9.81. The number of aliphatic hydroxyl groups excluding tert-OH is 2. The number of piperidine rings is 1. The van der Waals surface area contributed by atoms with Gasteiger partial charge in [0.25, 0.3) is 5.91 Å². The molecule has 2 N–H and O–H groups in total. The Labute approximate surface area is 226 Å². The van der Waals surface area contributed by atoms with Gasteiger partial charge in [0.2, 0.25) is 10.0 Å². The summed E-state index contributed by atoms with van der Waals surface area (Å²) in [6.07, 6.45) is 2.00. The van der Waals surface area contributed by atoms with E-state index >= 15 is 0 Å². The van der Waals surface area contributed by atoms with Crippen LogP contribution >= 0.6 is 11.6 Å². The van der Waals surface area contributed by atoms with Gasteiger partial charge in [-0.25, -0.2) is 17.2 Å². The minimum Gasteiger partial charge on any atom is -0.394 e. The normalized spacial score (nSPS) is 26.3. The Morgan fingerprint density at radius 1 is 1.05 bits per heavy atom. The third-order valence-electron chi connectivity index (χ3n) is 8.37. The van der Waals surface area contributed by atoms with E-state index in [9.17, 15) is 32.2 Å². The summed E-state index contributed by atoms with van der Waals surface area (Å²) in [5, 5.41) is 21.5. The summed E-state index contributed by atoms with van der Waals surface area (Å²) in [6.45, 7) is 0.207. The van der Waals surface area contributed by atoms with Gasteiger partial charge in [-0.3, -0.25) is 4.79 Å². The number of halogens is 3. The second kappa shape index (κ2) is 10.5. The van der Waals surface area contributed by atoms with E-state index in [0.717, 1.165) is 18.2 Å². The van der Waals surface area contributed by atoms with Crippen LogP contribution in [0.4, 0.5) is 8.78 Å². The molecule has 0 bridgehead atoms. The lowest BCUT2D eigenvalue weighted by Gasteiger charge is -2.46. The molecule has 0 spiro atoms. The second-order valence-electron chi connectivity index (χ2n) is 10.6. The van der Waals surface area contributed by atoms with E-state index in [1.54, 1.807) is 0 Å². The Morgan fingerprint density at radius 3 is 2.32 bits per heavy atom. The number of carbonyl (C=O) groups is 1. The summed E-state index contributed by atoms with van der Waals surface area (Å²) in [5.74, 6) is -2.14. The van der Waals surface area contributed by atoms with Crippen molar-refractivity contribution in [2.45, 2.75) is 74.1 Å². The number of nitrogens with zero attached hydrogens (tertiary/aromatic N) is 2. The van der Waals surface area contributed by atoms with Gasteiger partial charge in [0.1, 0.15) is 17.7 Å². The molecule has 11 heteroatoms. The van der Waals surface area contributed by atoms with E-state index in [1.165, 1.54) is 33.5 Å². The largest absolute Gasteiger partial charge is 0.394 e. The van der Waals surface area contributed by atoms with Crippen LogP contribution in [0.1, 0.15) is 56.6 Å². The SMILES string of the molecule is O=C(C(O)C1([C@H]2CCC[C@@H](c3cc(F)cc(F)c3)N2S(=O)(=O)c2ccc(Cl)cc2)CC1)N1CCC[C@H]1CO. The molecule has 2 aromatic carbocycles. The lowest BCUT2D eigenvalue weighted by molar-refractivity contribution is -0.147.